The molecule has 0 bridgehead atoms. The summed E-state index contributed by atoms with van der Waals surface area (Å²) < 4.78 is 5.39. The van der Waals surface area contributed by atoms with Crippen LogP contribution in [0.1, 0.15) is 33.6 Å². The molecule has 110 valence electrons. The molecule has 19 heavy (non-hydrogen) atoms. The fourth-order valence-corrected chi connectivity index (χ4v) is 2.20. The highest BCUT2D eigenvalue weighted by atomic mass is 16.5. The highest BCUT2D eigenvalue weighted by Crippen LogP contribution is 2.15. The van der Waals surface area contributed by atoms with Crippen LogP contribution in [0.5, 0.6) is 0 Å². The molecule has 1 rings (SSSR count). The van der Waals surface area contributed by atoms with Gasteiger partial charge in [0.2, 0.25) is 0 Å². The van der Waals surface area contributed by atoms with Crippen molar-refractivity contribution in [1.29, 1.82) is 0 Å². The molecule has 1 fully saturated rings. The van der Waals surface area contributed by atoms with Crippen LogP contribution in [0.2, 0.25) is 0 Å². The number of carbonyl (C=O) groups excluding carboxylic acids is 1. The molecule has 1 aliphatic rings. The zero-order valence-electron chi connectivity index (χ0n) is 12.0. The van der Waals surface area contributed by atoms with E-state index in [2.05, 4.69) is 0 Å². The molecule has 1 atom stereocenters. The van der Waals surface area contributed by atoms with Crippen molar-refractivity contribution in [3.05, 3.63) is 0 Å². The molecule has 0 spiro atoms. The molecule has 0 saturated carbocycles. The number of aliphatic carboxylic acids is 1. The number of nitrogens with zero attached hydrogens (tertiary/aromatic N) is 2. The molecule has 0 aromatic carbocycles. The predicted octanol–water partition coefficient (Wildman–Crippen LogP) is 1.40. The molecular formula is C13H24N2O4. The van der Waals surface area contributed by atoms with Crippen LogP contribution in [0.3, 0.4) is 0 Å². The summed E-state index contributed by atoms with van der Waals surface area (Å²) in [7, 11) is 0. The van der Waals surface area contributed by atoms with E-state index in [0.717, 1.165) is 6.42 Å². The SMILES string of the molecule is CCC1COCCN1C(=O)N(CCC(=O)O)C(C)C. The number of hydrogen-bond donors (Lipinski definition) is 1. The number of rotatable bonds is 5. The van der Waals surface area contributed by atoms with Crippen molar-refractivity contribution < 1.29 is 19.4 Å². The van der Waals surface area contributed by atoms with Gasteiger partial charge in [-0.3, -0.25) is 4.79 Å². The fourth-order valence-electron chi connectivity index (χ4n) is 2.20. The van der Waals surface area contributed by atoms with Crippen molar-refractivity contribution in [1.82, 2.24) is 9.80 Å². The molecule has 6 heteroatoms. The Kier molecular flexibility index (Phi) is 6.08. The van der Waals surface area contributed by atoms with Crippen LogP contribution in [-0.2, 0) is 9.53 Å². The van der Waals surface area contributed by atoms with Crippen LogP contribution >= 0.6 is 0 Å². The van der Waals surface area contributed by atoms with Gasteiger partial charge in [0.1, 0.15) is 0 Å². The Morgan fingerprint density at radius 3 is 2.68 bits per heavy atom. The molecule has 0 radical (unpaired) electrons. The predicted molar refractivity (Wildman–Crippen MR) is 71.1 cm³/mol. The summed E-state index contributed by atoms with van der Waals surface area (Å²) >= 11 is 0. The van der Waals surface area contributed by atoms with Gasteiger partial charge in [-0.25, -0.2) is 4.79 Å². The third-order valence-corrected chi connectivity index (χ3v) is 3.38. The minimum absolute atomic E-state index is 0.00722. The molecule has 0 aromatic heterocycles. The van der Waals surface area contributed by atoms with Crippen molar-refractivity contribution in [2.24, 2.45) is 0 Å². The number of carboxylic acids is 1. The third-order valence-electron chi connectivity index (χ3n) is 3.38. The average molecular weight is 272 g/mol. The van der Waals surface area contributed by atoms with E-state index >= 15 is 0 Å². The number of hydrogen-bond acceptors (Lipinski definition) is 3. The molecule has 6 nitrogen and oxygen atoms in total. The first kappa shape index (κ1) is 15.8. The van der Waals surface area contributed by atoms with Crippen LogP contribution in [-0.4, -0.2) is 65.3 Å². The Bertz CT molecular complexity index is 320. The standard InChI is InChI=1S/C13H24N2O4/c1-4-11-9-19-8-7-15(11)13(18)14(10(2)3)6-5-12(16)17/h10-11H,4-9H2,1-3H3,(H,16,17). The van der Waals surface area contributed by atoms with Gasteiger partial charge in [-0.1, -0.05) is 6.92 Å². The lowest BCUT2D eigenvalue weighted by atomic mass is 10.2. The average Bonchev–Trinajstić information content (AvgIpc) is 2.37. The fraction of sp³-hybridized carbons (Fsp3) is 0.846. The molecule has 0 aliphatic carbocycles. The monoisotopic (exact) mass is 272 g/mol. The molecule has 2 amide bonds. The lowest BCUT2D eigenvalue weighted by Gasteiger charge is -2.39. The summed E-state index contributed by atoms with van der Waals surface area (Å²) in [6.07, 6.45) is 0.821. The van der Waals surface area contributed by atoms with E-state index in [1.54, 1.807) is 4.90 Å². The normalized spacial score (nSPS) is 19.6. The second-order valence-electron chi connectivity index (χ2n) is 5.04. The van der Waals surface area contributed by atoms with E-state index in [-0.39, 0.29) is 31.1 Å². The molecule has 1 heterocycles. The minimum Gasteiger partial charge on any atom is -0.481 e. The summed E-state index contributed by atoms with van der Waals surface area (Å²) in [5.41, 5.74) is 0. The van der Waals surface area contributed by atoms with Crippen molar-refractivity contribution in [2.75, 3.05) is 26.3 Å². The number of morpholine rings is 1. The van der Waals surface area contributed by atoms with Crippen molar-refractivity contribution in [3.8, 4) is 0 Å². The van der Waals surface area contributed by atoms with Crippen molar-refractivity contribution >= 4 is 12.0 Å². The Balaban J connectivity index is 2.71. The highest BCUT2D eigenvalue weighted by Gasteiger charge is 2.30. The molecular weight excluding hydrogens is 248 g/mol. The smallest absolute Gasteiger partial charge is 0.320 e. The van der Waals surface area contributed by atoms with Crippen molar-refractivity contribution in [2.45, 2.75) is 45.7 Å². The summed E-state index contributed by atoms with van der Waals surface area (Å²) in [5, 5.41) is 8.76. The van der Waals surface area contributed by atoms with E-state index in [1.165, 1.54) is 0 Å². The van der Waals surface area contributed by atoms with Crippen LogP contribution in [0.4, 0.5) is 4.79 Å². The maximum atomic E-state index is 12.5. The Labute approximate surface area is 114 Å². The van der Waals surface area contributed by atoms with Crippen LogP contribution in [0, 0.1) is 0 Å². The lowest BCUT2D eigenvalue weighted by Crippen LogP contribution is -2.55. The summed E-state index contributed by atoms with van der Waals surface area (Å²) in [4.78, 5) is 26.6. The van der Waals surface area contributed by atoms with Crippen molar-refractivity contribution in [3.63, 3.8) is 0 Å². The van der Waals surface area contributed by atoms with E-state index in [1.807, 2.05) is 25.7 Å². The summed E-state index contributed by atoms with van der Waals surface area (Å²) in [6.45, 7) is 7.77. The lowest BCUT2D eigenvalue weighted by molar-refractivity contribution is -0.137. The van der Waals surface area contributed by atoms with E-state index in [0.29, 0.717) is 19.8 Å². The van der Waals surface area contributed by atoms with Gasteiger partial charge < -0.3 is 19.6 Å². The van der Waals surface area contributed by atoms with Gasteiger partial charge >= 0.3 is 12.0 Å². The van der Waals surface area contributed by atoms with Gasteiger partial charge in [0.25, 0.3) is 0 Å². The number of carbonyl (C=O) groups is 2. The summed E-state index contributed by atoms with van der Waals surface area (Å²) in [5.74, 6) is -0.882. The van der Waals surface area contributed by atoms with E-state index in [9.17, 15) is 9.59 Å². The van der Waals surface area contributed by atoms with Gasteiger partial charge in [0.05, 0.1) is 25.7 Å². The third kappa shape index (κ3) is 4.38. The number of ether oxygens (including phenoxy) is 1. The van der Waals surface area contributed by atoms with Gasteiger partial charge in [-0.2, -0.15) is 0 Å². The second kappa shape index (κ2) is 7.33. The topological polar surface area (TPSA) is 70.1 Å². The maximum absolute atomic E-state index is 12.5. The maximum Gasteiger partial charge on any atom is 0.320 e. The largest absolute Gasteiger partial charge is 0.481 e. The van der Waals surface area contributed by atoms with Crippen LogP contribution < -0.4 is 0 Å². The van der Waals surface area contributed by atoms with E-state index < -0.39 is 5.97 Å². The van der Waals surface area contributed by atoms with Gasteiger partial charge in [-0.05, 0) is 20.3 Å². The molecule has 1 aliphatic heterocycles. The first-order chi connectivity index (χ1) is 8.97. The second-order valence-corrected chi connectivity index (χ2v) is 5.04. The molecule has 1 saturated heterocycles. The van der Waals surface area contributed by atoms with Crippen LogP contribution in [0.15, 0.2) is 0 Å². The minimum atomic E-state index is -0.882. The first-order valence-electron chi connectivity index (χ1n) is 6.84. The quantitative estimate of drug-likeness (QED) is 0.821. The molecule has 1 N–H and O–H groups in total. The number of amides is 2. The number of carboxylic acid groups (broad SMARTS) is 1. The van der Waals surface area contributed by atoms with Gasteiger partial charge in [-0.15, -0.1) is 0 Å². The van der Waals surface area contributed by atoms with Gasteiger partial charge in [0, 0.05) is 19.1 Å². The Hall–Kier alpha value is -1.30. The highest BCUT2D eigenvalue weighted by molar-refractivity contribution is 5.76. The van der Waals surface area contributed by atoms with Gasteiger partial charge in [0.15, 0.2) is 0 Å². The van der Waals surface area contributed by atoms with Crippen LogP contribution in [0.25, 0.3) is 0 Å². The molecule has 0 aromatic rings. The Morgan fingerprint density at radius 2 is 2.16 bits per heavy atom. The zero-order chi connectivity index (χ0) is 14.4. The van der Waals surface area contributed by atoms with E-state index in [4.69, 9.17) is 9.84 Å². The Morgan fingerprint density at radius 1 is 1.47 bits per heavy atom. The first-order valence-corrected chi connectivity index (χ1v) is 6.84. The number of urea groups is 1. The molecule has 1 unspecified atom stereocenters. The zero-order valence-corrected chi connectivity index (χ0v) is 12.0. The summed E-state index contributed by atoms with van der Waals surface area (Å²) in [6, 6.07) is 0.00549.